The van der Waals surface area contributed by atoms with E-state index in [0.717, 1.165) is 12.1 Å². The quantitative estimate of drug-likeness (QED) is 0.612. The van der Waals surface area contributed by atoms with Crippen LogP contribution in [0.5, 0.6) is 0 Å². The van der Waals surface area contributed by atoms with Crippen LogP contribution in [-0.4, -0.2) is 11.5 Å². The Balaban J connectivity index is 2.06. The van der Waals surface area contributed by atoms with Crippen LogP contribution >= 0.6 is 24.4 Å². The molecular formula is C15H14F2S2. The lowest BCUT2D eigenvalue weighted by atomic mass is 10.0. The Morgan fingerprint density at radius 1 is 1.05 bits per heavy atom. The SMILES string of the molecule is Fc1ccc(F)c(SCC(CS)c2ccccc2)c1. The molecule has 2 rings (SSSR count). The predicted octanol–water partition coefficient (Wildman–Crippen LogP) is 4.77. The highest BCUT2D eigenvalue weighted by Crippen LogP contribution is 2.29. The van der Waals surface area contributed by atoms with Crippen molar-refractivity contribution in [2.45, 2.75) is 10.8 Å². The fourth-order valence-electron chi connectivity index (χ4n) is 1.76. The van der Waals surface area contributed by atoms with Crippen molar-refractivity contribution >= 4 is 24.4 Å². The van der Waals surface area contributed by atoms with Gasteiger partial charge in [0.05, 0.1) is 0 Å². The Labute approximate surface area is 121 Å². The molecule has 1 atom stereocenters. The Kier molecular flexibility index (Phi) is 5.28. The Morgan fingerprint density at radius 2 is 1.79 bits per heavy atom. The van der Waals surface area contributed by atoms with E-state index in [4.69, 9.17) is 0 Å². The molecule has 0 aliphatic rings. The predicted molar refractivity (Wildman–Crippen MR) is 80.1 cm³/mol. The number of hydrogen-bond acceptors (Lipinski definition) is 2. The van der Waals surface area contributed by atoms with Crippen LogP contribution in [0.3, 0.4) is 0 Å². The summed E-state index contributed by atoms with van der Waals surface area (Å²) in [6, 6.07) is 13.5. The van der Waals surface area contributed by atoms with Gasteiger partial charge in [0.15, 0.2) is 0 Å². The molecular weight excluding hydrogens is 282 g/mol. The van der Waals surface area contributed by atoms with E-state index in [1.165, 1.54) is 23.4 Å². The smallest absolute Gasteiger partial charge is 0.136 e. The molecule has 0 aromatic heterocycles. The molecule has 0 aliphatic carbocycles. The van der Waals surface area contributed by atoms with Crippen LogP contribution in [0.2, 0.25) is 0 Å². The van der Waals surface area contributed by atoms with Crippen molar-refractivity contribution in [3.05, 3.63) is 65.7 Å². The average Bonchev–Trinajstić information content (AvgIpc) is 2.44. The zero-order valence-corrected chi connectivity index (χ0v) is 11.9. The molecule has 0 aliphatic heterocycles. The minimum atomic E-state index is -0.411. The summed E-state index contributed by atoms with van der Waals surface area (Å²) in [5.74, 6) is 0.780. The van der Waals surface area contributed by atoms with Gasteiger partial charge < -0.3 is 0 Å². The van der Waals surface area contributed by atoms with E-state index in [0.29, 0.717) is 16.4 Å². The van der Waals surface area contributed by atoms with Gasteiger partial charge in [-0.2, -0.15) is 12.6 Å². The van der Waals surface area contributed by atoms with Crippen LogP contribution in [-0.2, 0) is 0 Å². The fraction of sp³-hybridized carbons (Fsp3) is 0.200. The molecule has 0 fully saturated rings. The number of hydrogen-bond donors (Lipinski definition) is 1. The monoisotopic (exact) mass is 296 g/mol. The third-order valence-corrected chi connectivity index (χ3v) is 4.46. The summed E-state index contributed by atoms with van der Waals surface area (Å²) in [6.07, 6.45) is 0. The number of benzene rings is 2. The van der Waals surface area contributed by atoms with Gasteiger partial charge in [0, 0.05) is 16.6 Å². The van der Waals surface area contributed by atoms with Crippen molar-refractivity contribution in [3.8, 4) is 0 Å². The minimum Gasteiger partial charge on any atom is -0.207 e. The summed E-state index contributed by atoms with van der Waals surface area (Å²) in [4.78, 5) is 0.350. The van der Waals surface area contributed by atoms with Gasteiger partial charge in [0.1, 0.15) is 11.6 Å². The Bertz CT molecular complexity index is 529. The maximum absolute atomic E-state index is 13.5. The van der Waals surface area contributed by atoms with Crippen LogP contribution in [0.25, 0.3) is 0 Å². The largest absolute Gasteiger partial charge is 0.207 e. The van der Waals surface area contributed by atoms with E-state index in [-0.39, 0.29) is 11.7 Å². The topological polar surface area (TPSA) is 0 Å². The third kappa shape index (κ3) is 3.98. The minimum absolute atomic E-state index is 0.220. The molecule has 0 bridgehead atoms. The van der Waals surface area contributed by atoms with Gasteiger partial charge in [-0.1, -0.05) is 30.3 Å². The van der Waals surface area contributed by atoms with Crippen LogP contribution in [0.1, 0.15) is 11.5 Å². The van der Waals surface area contributed by atoms with Crippen molar-refractivity contribution in [3.63, 3.8) is 0 Å². The molecule has 2 aromatic carbocycles. The first-order valence-corrected chi connectivity index (χ1v) is 7.56. The lowest BCUT2D eigenvalue weighted by molar-refractivity contribution is 0.577. The second-order valence-electron chi connectivity index (χ2n) is 4.18. The van der Waals surface area contributed by atoms with E-state index in [9.17, 15) is 8.78 Å². The second-order valence-corrected chi connectivity index (χ2v) is 5.60. The normalized spacial score (nSPS) is 12.4. The highest BCUT2D eigenvalue weighted by molar-refractivity contribution is 7.99. The lowest BCUT2D eigenvalue weighted by Gasteiger charge is -2.14. The van der Waals surface area contributed by atoms with Gasteiger partial charge in [-0.05, 0) is 29.5 Å². The van der Waals surface area contributed by atoms with E-state index in [1.54, 1.807) is 0 Å². The summed E-state index contributed by atoms with van der Waals surface area (Å²) in [5.41, 5.74) is 1.17. The molecule has 0 N–H and O–H groups in total. The molecule has 0 saturated heterocycles. The van der Waals surface area contributed by atoms with Gasteiger partial charge in [-0.25, -0.2) is 8.78 Å². The molecule has 4 heteroatoms. The molecule has 0 amide bonds. The number of thiol groups is 1. The van der Waals surface area contributed by atoms with Gasteiger partial charge in [-0.15, -0.1) is 11.8 Å². The number of halogens is 2. The zero-order chi connectivity index (χ0) is 13.7. The summed E-state index contributed by atoms with van der Waals surface area (Å²) in [6.45, 7) is 0. The Morgan fingerprint density at radius 3 is 2.47 bits per heavy atom. The first-order valence-electron chi connectivity index (χ1n) is 5.94. The summed E-state index contributed by atoms with van der Waals surface area (Å²) < 4.78 is 26.6. The van der Waals surface area contributed by atoms with Crippen molar-refractivity contribution in [1.29, 1.82) is 0 Å². The lowest BCUT2D eigenvalue weighted by Crippen LogP contribution is -2.04. The van der Waals surface area contributed by atoms with Crippen LogP contribution in [0.15, 0.2) is 53.4 Å². The molecule has 0 heterocycles. The molecule has 0 saturated carbocycles. The molecule has 0 spiro atoms. The van der Waals surface area contributed by atoms with Crippen molar-refractivity contribution in [2.75, 3.05) is 11.5 Å². The molecule has 19 heavy (non-hydrogen) atoms. The zero-order valence-electron chi connectivity index (χ0n) is 10.2. The van der Waals surface area contributed by atoms with Crippen LogP contribution in [0.4, 0.5) is 8.78 Å². The van der Waals surface area contributed by atoms with Crippen LogP contribution < -0.4 is 0 Å². The van der Waals surface area contributed by atoms with Crippen molar-refractivity contribution < 1.29 is 8.78 Å². The van der Waals surface area contributed by atoms with Crippen molar-refractivity contribution in [1.82, 2.24) is 0 Å². The molecule has 2 aromatic rings. The first-order chi connectivity index (χ1) is 9.20. The van der Waals surface area contributed by atoms with Gasteiger partial charge in [-0.3, -0.25) is 0 Å². The van der Waals surface area contributed by atoms with E-state index in [2.05, 4.69) is 12.6 Å². The molecule has 100 valence electrons. The summed E-state index contributed by atoms with van der Waals surface area (Å²) in [5, 5.41) is 0. The van der Waals surface area contributed by atoms with Gasteiger partial charge >= 0.3 is 0 Å². The Hall–Kier alpha value is -1.00. The van der Waals surface area contributed by atoms with E-state index < -0.39 is 5.82 Å². The molecule has 0 nitrogen and oxygen atoms in total. The summed E-state index contributed by atoms with van der Waals surface area (Å²) >= 11 is 5.66. The third-order valence-electron chi connectivity index (χ3n) is 2.82. The molecule has 0 radical (unpaired) electrons. The van der Waals surface area contributed by atoms with Gasteiger partial charge in [0.25, 0.3) is 0 Å². The first kappa shape index (κ1) is 14.4. The van der Waals surface area contributed by atoms with Crippen molar-refractivity contribution in [2.24, 2.45) is 0 Å². The number of rotatable bonds is 5. The van der Waals surface area contributed by atoms with E-state index >= 15 is 0 Å². The number of thioether (sulfide) groups is 1. The second kappa shape index (κ2) is 6.96. The molecule has 1 unspecified atom stereocenters. The van der Waals surface area contributed by atoms with E-state index in [1.807, 2.05) is 30.3 Å². The standard InChI is InChI=1S/C15H14F2S2/c16-13-6-7-14(17)15(8-13)19-10-12(9-18)11-4-2-1-3-5-11/h1-8,12,18H,9-10H2. The summed E-state index contributed by atoms with van der Waals surface area (Å²) in [7, 11) is 0. The fourth-order valence-corrected chi connectivity index (χ4v) is 3.37. The van der Waals surface area contributed by atoms with Gasteiger partial charge in [0.2, 0.25) is 0 Å². The highest BCUT2D eigenvalue weighted by Gasteiger charge is 2.12. The maximum atomic E-state index is 13.5. The maximum Gasteiger partial charge on any atom is 0.136 e. The average molecular weight is 296 g/mol. The van der Waals surface area contributed by atoms with Crippen LogP contribution in [0, 0.1) is 11.6 Å². The highest BCUT2D eigenvalue weighted by atomic mass is 32.2.